The molecule has 4 N–H and O–H groups in total. The number of hydrogen-bond acceptors (Lipinski definition) is 5. The van der Waals surface area contributed by atoms with Crippen molar-refractivity contribution in [2.45, 2.75) is 168 Å². The van der Waals surface area contributed by atoms with E-state index in [0.29, 0.717) is 6.42 Å². The summed E-state index contributed by atoms with van der Waals surface area (Å²) >= 11 is 0. The Hall–Kier alpha value is -2.32. The minimum Gasteiger partial charge on any atom is -0.480 e. The summed E-state index contributed by atoms with van der Waals surface area (Å²) in [6.45, 7) is 9.13. The van der Waals surface area contributed by atoms with Crippen LogP contribution in [0.1, 0.15) is 150 Å². The Morgan fingerprint density at radius 2 is 1.23 bits per heavy atom. The highest BCUT2D eigenvalue weighted by atomic mass is 16.6. The molecule has 0 heterocycles. The average molecular weight is 570 g/mol. The molecule has 0 saturated heterocycles. The Morgan fingerprint density at radius 1 is 0.800 bits per heavy atom. The molecule has 0 aliphatic rings. The monoisotopic (exact) mass is 569 g/mol. The number of primary amides is 1. The maximum Gasteiger partial charge on any atom is 0.408 e. The molecule has 0 aliphatic heterocycles. The van der Waals surface area contributed by atoms with Crippen molar-refractivity contribution in [1.29, 1.82) is 0 Å². The van der Waals surface area contributed by atoms with Crippen molar-refractivity contribution in [3.05, 3.63) is 0 Å². The van der Waals surface area contributed by atoms with Gasteiger partial charge in [0.15, 0.2) is 0 Å². The van der Waals surface area contributed by atoms with Gasteiger partial charge in [-0.25, -0.2) is 9.59 Å². The Morgan fingerprint density at radius 3 is 1.60 bits per heavy atom. The van der Waals surface area contributed by atoms with Gasteiger partial charge in [-0.1, -0.05) is 103 Å². The lowest BCUT2D eigenvalue weighted by molar-refractivity contribution is -0.151. The highest BCUT2D eigenvalue weighted by Gasteiger charge is 2.33. The number of ether oxygens (including phenoxy) is 1. The lowest BCUT2D eigenvalue weighted by Gasteiger charge is -2.31. The van der Waals surface area contributed by atoms with Crippen molar-refractivity contribution in [2.75, 3.05) is 6.54 Å². The summed E-state index contributed by atoms with van der Waals surface area (Å²) < 4.78 is 5.22. The van der Waals surface area contributed by atoms with Crippen LogP contribution in [0.3, 0.4) is 0 Å². The Balaban J connectivity index is 4.51. The first-order valence-corrected chi connectivity index (χ1v) is 15.7. The Bertz CT molecular complexity index is 722. The fourth-order valence-electron chi connectivity index (χ4n) is 4.74. The van der Waals surface area contributed by atoms with Crippen LogP contribution in [0.5, 0.6) is 0 Å². The van der Waals surface area contributed by atoms with E-state index in [-0.39, 0.29) is 19.4 Å². The van der Waals surface area contributed by atoms with Crippen LogP contribution >= 0.6 is 0 Å². The van der Waals surface area contributed by atoms with Gasteiger partial charge in [-0.05, 0) is 40.5 Å². The van der Waals surface area contributed by atoms with Crippen LogP contribution in [0, 0.1) is 0 Å². The van der Waals surface area contributed by atoms with E-state index in [9.17, 15) is 24.3 Å². The van der Waals surface area contributed by atoms with Crippen LogP contribution in [0.4, 0.5) is 4.79 Å². The third kappa shape index (κ3) is 20.6. The summed E-state index contributed by atoms with van der Waals surface area (Å²) in [7, 11) is 0. The van der Waals surface area contributed by atoms with Crippen LogP contribution < -0.4 is 11.1 Å². The highest BCUT2D eigenvalue weighted by molar-refractivity contribution is 5.89. The number of unbranched alkanes of at least 4 members (excludes halogenated alkanes) is 15. The molecule has 0 aromatic rings. The molecule has 40 heavy (non-hydrogen) atoms. The molecule has 3 amide bonds. The molecule has 0 bridgehead atoms. The van der Waals surface area contributed by atoms with Gasteiger partial charge in [0.25, 0.3) is 0 Å². The van der Waals surface area contributed by atoms with Gasteiger partial charge in [0.1, 0.15) is 17.7 Å². The highest BCUT2D eigenvalue weighted by Crippen LogP contribution is 2.16. The standard InChI is InChI=1S/C31H59N3O6/c1-6-7-8-9-10-11-12-13-14-15-16-17-18-19-20-21-24-34(26(29(37)38)22-23-27(32)35)28(36)25(2)33-30(39)40-31(3,4)5/h25-26H,6-24H2,1-5H3,(H2,32,35)(H,33,39)(H,37,38)/t25-,26+/m1/s1. The van der Waals surface area contributed by atoms with Gasteiger partial charge in [0, 0.05) is 13.0 Å². The molecule has 0 radical (unpaired) electrons. The smallest absolute Gasteiger partial charge is 0.408 e. The summed E-state index contributed by atoms with van der Waals surface area (Å²) in [5.74, 6) is -2.35. The summed E-state index contributed by atoms with van der Waals surface area (Å²) in [5, 5.41) is 12.3. The third-order valence-corrected chi connectivity index (χ3v) is 6.96. The second kappa shape index (κ2) is 22.4. The maximum absolute atomic E-state index is 13.2. The normalized spacial score (nSPS) is 12.9. The second-order valence-corrected chi connectivity index (χ2v) is 12.1. The molecule has 234 valence electrons. The number of carboxylic acids is 1. The summed E-state index contributed by atoms with van der Waals surface area (Å²) in [5.41, 5.74) is 4.50. The molecule has 0 fully saturated rings. The van der Waals surface area contributed by atoms with Crippen molar-refractivity contribution in [2.24, 2.45) is 5.73 Å². The number of nitrogens with zero attached hydrogens (tertiary/aromatic N) is 1. The van der Waals surface area contributed by atoms with Crippen molar-refractivity contribution in [3.63, 3.8) is 0 Å². The number of rotatable bonds is 24. The van der Waals surface area contributed by atoms with Gasteiger partial charge < -0.3 is 25.8 Å². The van der Waals surface area contributed by atoms with Crippen molar-refractivity contribution in [1.82, 2.24) is 10.2 Å². The van der Waals surface area contributed by atoms with Crippen LogP contribution in [0.25, 0.3) is 0 Å². The van der Waals surface area contributed by atoms with E-state index in [4.69, 9.17) is 10.5 Å². The Labute approximate surface area is 243 Å². The lowest BCUT2D eigenvalue weighted by Crippen LogP contribution is -2.53. The first kappa shape index (κ1) is 37.7. The number of carbonyl (C=O) groups excluding carboxylic acids is 3. The topological polar surface area (TPSA) is 139 Å². The summed E-state index contributed by atoms with van der Waals surface area (Å²) in [6, 6.07) is -2.18. The van der Waals surface area contributed by atoms with Crippen molar-refractivity contribution >= 4 is 23.9 Å². The molecule has 2 atom stereocenters. The van der Waals surface area contributed by atoms with Gasteiger partial charge >= 0.3 is 12.1 Å². The maximum atomic E-state index is 13.2. The fourth-order valence-corrected chi connectivity index (χ4v) is 4.74. The number of nitrogens with one attached hydrogen (secondary N) is 1. The van der Waals surface area contributed by atoms with E-state index in [1.165, 1.54) is 88.9 Å². The minimum absolute atomic E-state index is 0.0750. The van der Waals surface area contributed by atoms with E-state index in [1.807, 2.05) is 0 Å². The first-order chi connectivity index (χ1) is 18.9. The van der Waals surface area contributed by atoms with Gasteiger partial charge in [-0.3, -0.25) is 9.59 Å². The van der Waals surface area contributed by atoms with Gasteiger partial charge in [0.05, 0.1) is 0 Å². The average Bonchev–Trinajstić information content (AvgIpc) is 2.85. The first-order valence-electron chi connectivity index (χ1n) is 15.7. The summed E-state index contributed by atoms with van der Waals surface area (Å²) in [6.07, 6.45) is 18.5. The molecule has 0 unspecified atom stereocenters. The molecule has 0 saturated carbocycles. The van der Waals surface area contributed by atoms with Gasteiger partial charge in [0.2, 0.25) is 11.8 Å². The van der Waals surface area contributed by atoms with E-state index >= 15 is 0 Å². The molecule has 9 nitrogen and oxygen atoms in total. The molecule has 9 heteroatoms. The molecule has 0 aliphatic carbocycles. The fraction of sp³-hybridized carbons (Fsp3) is 0.871. The van der Waals surface area contributed by atoms with E-state index in [1.54, 1.807) is 20.8 Å². The van der Waals surface area contributed by atoms with E-state index < -0.39 is 41.6 Å². The molecular formula is C31H59N3O6. The second-order valence-electron chi connectivity index (χ2n) is 12.1. The van der Waals surface area contributed by atoms with Crippen LogP contribution in [-0.2, 0) is 19.1 Å². The van der Waals surface area contributed by atoms with Crippen LogP contribution in [0.15, 0.2) is 0 Å². The largest absolute Gasteiger partial charge is 0.480 e. The number of alkyl carbamates (subject to hydrolysis) is 1. The van der Waals surface area contributed by atoms with E-state index in [0.717, 1.165) is 19.3 Å². The number of nitrogens with two attached hydrogens (primary N) is 1. The molecule has 0 rings (SSSR count). The molecular weight excluding hydrogens is 510 g/mol. The van der Waals surface area contributed by atoms with Gasteiger partial charge in [-0.2, -0.15) is 0 Å². The molecule has 0 aromatic carbocycles. The zero-order chi connectivity index (χ0) is 30.4. The zero-order valence-electron chi connectivity index (χ0n) is 26.1. The number of hydrogen-bond donors (Lipinski definition) is 3. The SMILES string of the molecule is CCCCCCCCCCCCCCCCCCN(C(=O)[C@@H](C)NC(=O)OC(C)(C)C)[C@@H](CCC(N)=O)C(=O)O. The van der Waals surface area contributed by atoms with Crippen LogP contribution in [0.2, 0.25) is 0 Å². The number of carboxylic acid groups (broad SMARTS) is 1. The zero-order valence-corrected chi connectivity index (χ0v) is 26.1. The third-order valence-electron chi connectivity index (χ3n) is 6.96. The van der Waals surface area contributed by atoms with Crippen molar-refractivity contribution < 1.29 is 29.0 Å². The quantitative estimate of drug-likeness (QED) is 0.110. The minimum atomic E-state index is -1.20. The van der Waals surface area contributed by atoms with Crippen molar-refractivity contribution in [3.8, 4) is 0 Å². The predicted octanol–water partition coefficient (Wildman–Crippen LogP) is 6.71. The molecule has 0 spiro atoms. The summed E-state index contributed by atoms with van der Waals surface area (Å²) in [4.78, 5) is 49.9. The number of amides is 3. The van der Waals surface area contributed by atoms with E-state index in [2.05, 4.69) is 12.2 Å². The molecule has 0 aromatic heterocycles. The Kier molecular flexibility index (Phi) is 21.1. The number of aliphatic carboxylic acids is 1. The van der Waals surface area contributed by atoms with Gasteiger partial charge in [-0.15, -0.1) is 0 Å². The lowest BCUT2D eigenvalue weighted by atomic mass is 10.0. The predicted molar refractivity (Wildman–Crippen MR) is 160 cm³/mol. The van der Waals surface area contributed by atoms with Crippen LogP contribution in [-0.4, -0.2) is 58.1 Å². The number of carbonyl (C=O) groups is 4.